The van der Waals surface area contributed by atoms with Crippen LogP contribution in [0.4, 0.5) is 0 Å². The van der Waals surface area contributed by atoms with Crippen molar-refractivity contribution >= 4 is 11.9 Å². The van der Waals surface area contributed by atoms with Crippen LogP contribution in [0.3, 0.4) is 0 Å². The lowest BCUT2D eigenvalue weighted by Gasteiger charge is -2.21. The molecular formula is C12H21NO3. The van der Waals surface area contributed by atoms with Crippen molar-refractivity contribution in [1.82, 2.24) is 4.90 Å². The Morgan fingerprint density at radius 3 is 2.69 bits per heavy atom. The number of likely N-dealkylation sites (tertiary alicyclic amines) is 1. The third kappa shape index (κ3) is 3.51. The van der Waals surface area contributed by atoms with Gasteiger partial charge in [-0.05, 0) is 19.3 Å². The van der Waals surface area contributed by atoms with Gasteiger partial charge in [-0.3, -0.25) is 4.79 Å². The van der Waals surface area contributed by atoms with Crippen molar-refractivity contribution < 1.29 is 14.7 Å². The molecule has 92 valence electrons. The Morgan fingerprint density at radius 2 is 2.06 bits per heavy atom. The van der Waals surface area contributed by atoms with E-state index < -0.39 is 12.0 Å². The van der Waals surface area contributed by atoms with Crippen LogP contribution in [0.1, 0.15) is 51.9 Å². The van der Waals surface area contributed by atoms with Crippen LogP contribution in [-0.2, 0) is 9.59 Å². The van der Waals surface area contributed by atoms with E-state index in [0.717, 1.165) is 32.1 Å². The molecule has 0 aromatic rings. The monoisotopic (exact) mass is 227 g/mol. The summed E-state index contributed by atoms with van der Waals surface area (Å²) in [6, 6.07) is -0.571. The summed E-state index contributed by atoms with van der Waals surface area (Å²) in [6.07, 6.45) is 6.17. The zero-order valence-corrected chi connectivity index (χ0v) is 9.95. The summed E-state index contributed by atoms with van der Waals surface area (Å²) in [5.41, 5.74) is 0. The molecule has 0 aromatic carbocycles. The Balaban J connectivity index is 2.32. The van der Waals surface area contributed by atoms with Crippen molar-refractivity contribution in [1.29, 1.82) is 0 Å². The summed E-state index contributed by atoms with van der Waals surface area (Å²) in [4.78, 5) is 24.2. The van der Waals surface area contributed by atoms with Gasteiger partial charge in [0, 0.05) is 13.0 Å². The van der Waals surface area contributed by atoms with Crippen LogP contribution >= 0.6 is 0 Å². The fraction of sp³-hybridized carbons (Fsp3) is 0.833. The zero-order valence-electron chi connectivity index (χ0n) is 9.95. The standard InChI is InChI=1S/C12H21NO3/c1-2-3-4-5-8-11(14)13-9-6-7-10(13)12(15)16/h10H,2-9H2,1H3,(H,15,16)/t10-/m1/s1. The lowest BCUT2D eigenvalue weighted by atomic mass is 10.1. The molecule has 1 aliphatic rings. The van der Waals surface area contributed by atoms with E-state index in [1.165, 1.54) is 4.90 Å². The summed E-state index contributed by atoms with van der Waals surface area (Å²) < 4.78 is 0. The Morgan fingerprint density at radius 1 is 1.31 bits per heavy atom. The first-order valence-electron chi connectivity index (χ1n) is 6.19. The first kappa shape index (κ1) is 13.0. The molecule has 1 atom stereocenters. The van der Waals surface area contributed by atoms with Crippen LogP contribution in [0, 0.1) is 0 Å². The van der Waals surface area contributed by atoms with Crippen molar-refractivity contribution in [3.05, 3.63) is 0 Å². The molecule has 1 amide bonds. The Bertz CT molecular complexity index is 253. The molecule has 0 saturated carbocycles. The Labute approximate surface area is 96.6 Å². The number of carboxylic acid groups (broad SMARTS) is 1. The molecule has 1 fully saturated rings. The SMILES string of the molecule is CCCCCCC(=O)N1CCC[C@@H]1C(=O)O. The highest BCUT2D eigenvalue weighted by Crippen LogP contribution is 2.19. The van der Waals surface area contributed by atoms with Crippen LogP contribution in [0.2, 0.25) is 0 Å². The molecule has 16 heavy (non-hydrogen) atoms. The summed E-state index contributed by atoms with van der Waals surface area (Å²) in [6.45, 7) is 2.74. The highest BCUT2D eigenvalue weighted by atomic mass is 16.4. The van der Waals surface area contributed by atoms with Gasteiger partial charge in [0.25, 0.3) is 0 Å². The predicted octanol–water partition coefficient (Wildman–Crippen LogP) is 2.03. The van der Waals surface area contributed by atoms with Gasteiger partial charge in [-0.25, -0.2) is 4.79 Å². The quantitative estimate of drug-likeness (QED) is 0.706. The summed E-state index contributed by atoms with van der Waals surface area (Å²) in [7, 11) is 0. The highest BCUT2D eigenvalue weighted by molar-refractivity contribution is 5.84. The molecule has 1 rings (SSSR count). The molecule has 1 N–H and O–H groups in total. The molecule has 0 spiro atoms. The summed E-state index contributed by atoms with van der Waals surface area (Å²) >= 11 is 0. The largest absolute Gasteiger partial charge is 0.480 e. The van der Waals surface area contributed by atoms with Crippen molar-refractivity contribution in [2.24, 2.45) is 0 Å². The molecule has 0 aromatic heterocycles. The number of carbonyl (C=O) groups excluding carboxylic acids is 1. The van der Waals surface area contributed by atoms with E-state index in [1.807, 2.05) is 0 Å². The minimum Gasteiger partial charge on any atom is -0.480 e. The number of hydrogen-bond donors (Lipinski definition) is 1. The van der Waals surface area contributed by atoms with Crippen molar-refractivity contribution in [3.8, 4) is 0 Å². The van der Waals surface area contributed by atoms with Crippen LogP contribution in [0.5, 0.6) is 0 Å². The summed E-state index contributed by atoms with van der Waals surface area (Å²) in [5, 5.41) is 8.95. The number of rotatable bonds is 6. The number of aliphatic carboxylic acids is 1. The van der Waals surface area contributed by atoms with Crippen LogP contribution in [-0.4, -0.2) is 34.5 Å². The normalized spacial score (nSPS) is 20.1. The van der Waals surface area contributed by atoms with Crippen molar-refractivity contribution in [2.75, 3.05) is 6.54 Å². The van der Waals surface area contributed by atoms with E-state index in [4.69, 9.17) is 5.11 Å². The molecule has 1 aliphatic heterocycles. The van der Waals surface area contributed by atoms with Gasteiger partial charge >= 0.3 is 5.97 Å². The Hall–Kier alpha value is -1.06. The van der Waals surface area contributed by atoms with Crippen LogP contribution in [0.15, 0.2) is 0 Å². The predicted molar refractivity (Wildman–Crippen MR) is 61.1 cm³/mol. The lowest BCUT2D eigenvalue weighted by Crippen LogP contribution is -2.40. The number of unbranched alkanes of at least 4 members (excludes halogenated alkanes) is 3. The molecule has 4 heteroatoms. The van der Waals surface area contributed by atoms with Gasteiger partial charge < -0.3 is 10.0 Å². The maximum atomic E-state index is 11.8. The van der Waals surface area contributed by atoms with Gasteiger partial charge in [0.05, 0.1) is 0 Å². The fourth-order valence-electron chi connectivity index (χ4n) is 2.17. The second-order valence-electron chi connectivity index (χ2n) is 4.39. The number of hydrogen-bond acceptors (Lipinski definition) is 2. The van der Waals surface area contributed by atoms with E-state index in [-0.39, 0.29) is 5.91 Å². The minimum atomic E-state index is -0.862. The summed E-state index contributed by atoms with van der Waals surface area (Å²) in [5.74, 6) is -0.847. The van der Waals surface area contributed by atoms with E-state index in [1.54, 1.807) is 0 Å². The zero-order chi connectivity index (χ0) is 12.0. The molecule has 1 heterocycles. The van der Waals surface area contributed by atoms with Crippen LogP contribution in [0.25, 0.3) is 0 Å². The van der Waals surface area contributed by atoms with Gasteiger partial charge in [-0.15, -0.1) is 0 Å². The smallest absolute Gasteiger partial charge is 0.326 e. The van der Waals surface area contributed by atoms with Gasteiger partial charge in [0.1, 0.15) is 6.04 Å². The number of nitrogens with zero attached hydrogens (tertiary/aromatic N) is 1. The first-order chi connectivity index (χ1) is 7.66. The van der Waals surface area contributed by atoms with E-state index >= 15 is 0 Å². The fourth-order valence-corrected chi connectivity index (χ4v) is 2.17. The average Bonchev–Trinajstić information content (AvgIpc) is 2.73. The van der Waals surface area contributed by atoms with E-state index in [9.17, 15) is 9.59 Å². The second-order valence-corrected chi connectivity index (χ2v) is 4.39. The molecule has 4 nitrogen and oxygen atoms in total. The van der Waals surface area contributed by atoms with Gasteiger partial charge in [0.15, 0.2) is 0 Å². The van der Waals surface area contributed by atoms with Crippen LogP contribution < -0.4 is 0 Å². The molecule has 0 unspecified atom stereocenters. The third-order valence-corrected chi connectivity index (χ3v) is 3.10. The average molecular weight is 227 g/mol. The van der Waals surface area contributed by atoms with Crippen molar-refractivity contribution in [3.63, 3.8) is 0 Å². The van der Waals surface area contributed by atoms with E-state index in [0.29, 0.717) is 19.4 Å². The van der Waals surface area contributed by atoms with Crippen molar-refractivity contribution in [2.45, 2.75) is 57.9 Å². The van der Waals surface area contributed by atoms with Gasteiger partial charge in [-0.1, -0.05) is 26.2 Å². The maximum Gasteiger partial charge on any atom is 0.326 e. The molecular weight excluding hydrogens is 206 g/mol. The molecule has 0 aliphatic carbocycles. The first-order valence-corrected chi connectivity index (χ1v) is 6.19. The molecule has 0 radical (unpaired) electrons. The number of amides is 1. The van der Waals surface area contributed by atoms with Gasteiger partial charge in [-0.2, -0.15) is 0 Å². The maximum absolute atomic E-state index is 11.8. The number of carboxylic acids is 1. The van der Waals surface area contributed by atoms with Gasteiger partial charge in [0.2, 0.25) is 5.91 Å². The lowest BCUT2D eigenvalue weighted by molar-refractivity contribution is -0.148. The molecule has 0 bridgehead atoms. The minimum absolute atomic E-state index is 0.0148. The number of carbonyl (C=O) groups is 2. The third-order valence-electron chi connectivity index (χ3n) is 3.10. The van der Waals surface area contributed by atoms with E-state index in [2.05, 4.69) is 6.92 Å². The second kappa shape index (κ2) is 6.51. The Kier molecular flexibility index (Phi) is 5.29. The topological polar surface area (TPSA) is 57.6 Å². The highest BCUT2D eigenvalue weighted by Gasteiger charge is 2.33. The molecule has 1 saturated heterocycles.